The third-order valence-corrected chi connectivity index (χ3v) is 4.23. The first-order valence-corrected chi connectivity index (χ1v) is 7.83. The number of rotatable bonds is 2. The Morgan fingerprint density at radius 3 is 2.62 bits per heavy atom. The Balaban J connectivity index is 1.46. The van der Waals surface area contributed by atoms with Gasteiger partial charge in [-0.05, 0) is 19.1 Å². The lowest BCUT2D eigenvalue weighted by molar-refractivity contribution is 0.0739. The van der Waals surface area contributed by atoms with Crippen molar-refractivity contribution in [3.8, 4) is 0 Å². The molecule has 1 fully saturated rings. The monoisotopic (exact) mass is 326 g/mol. The second-order valence-electron chi connectivity index (χ2n) is 5.84. The number of hydrogen-bond donors (Lipinski definition) is 2. The van der Waals surface area contributed by atoms with E-state index in [1.165, 1.54) is 0 Å². The van der Waals surface area contributed by atoms with Gasteiger partial charge >= 0.3 is 0 Å². The van der Waals surface area contributed by atoms with Crippen LogP contribution in [0.2, 0.25) is 0 Å². The smallest absolute Gasteiger partial charge is 0.298 e. The Kier molecular flexibility index (Phi) is 3.37. The van der Waals surface area contributed by atoms with Gasteiger partial charge < -0.3 is 24.9 Å². The molecule has 1 aliphatic rings. The summed E-state index contributed by atoms with van der Waals surface area (Å²) in [6.07, 6.45) is 0. The summed E-state index contributed by atoms with van der Waals surface area (Å²) in [5, 5.41) is 0. The number of amides is 1. The van der Waals surface area contributed by atoms with Crippen LogP contribution in [0.4, 0.5) is 12.0 Å². The van der Waals surface area contributed by atoms with Crippen molar-refractivity contribution in [2.75, 3.05) is 36.8 Å². The molecule has 0 spiro atoms. The molecule has 3 heterocycles. The predicted octanol–water partition coefficient (Wildman–Crippen LogP) is 1.40. The minimum absolute atomic E-state index is 0.0994. The lowest BCUT2D eigenvalue weighted by atomic mass is 10.2. The maximum Gasteiger partial charge on any atom is 0.298 e. The number of aromatic nitrogens is 3. The molecule has 3 N–H and O–H groups in total. The van der Waals surface area contributed by atoms with Gasteiger partial charge in [-0.2, -0.15) is 4.98 Å². The zero-order valence-electron chi connectivity index (χ0n) is 13.3. The number of anilines is 2. The fourth-order valence-corrected chi connectivity index (χ4v) is 2.94. The first kappa shape index (κ1) is 14.6. The van der Waals surface area contributed by atoms with Gasteiger partial charge in [-0.3, -0.25) is 4.79 Å². The van der Waals surface area contributed by atoms with Crippen LogP contribution < -0.4 is 10.6 Å². The maximum absolute atomic E-state index is 12.5. The van der Waals surface area contributed by atoms with Gasteiger partial charge in [0.1, 0.15) is 5.52 Å². The van der Waals surface area contributed by atoms with Crippen molar-refractivity contribution in [3.05, 3.63) is 35.7 Å². The van der Waals surface area contributed by atoms with Crippen molar-refractivity contribution in [1.29, 1.82) is 0 Å². The summed E-state index contributed by atoms with van der Waals surface area (Å²) in [5.74, 6) is 0.165. The van der Waals surface area contributed by atoms with E-state index in [1.807, 2.05) is 24.3 Å². The minimum Gasteiger partial charge on any atom is -0.423 e. The fraction of sp³-hybridized carbons (Fsp3) is 0.312. The largest absolute Gasteiger partial charge is 0.423 e. The van der Waals surface area contributed by atoms with Crippen LogP contribution in [0.3, 0.4) is 0 Å². The fourth-order valence-electron chi connectivity index (χ4n) is 2.94. The van der Waals surface area contributed by atoms with Crippen molar-refractivity contribution in [1.82, 2.24) is 19.9 Å². The van der Waals surface area contributed by atoms with Gasteiger partial charge in [-0.25, -0.2) is 4.98 Å². The van der Waals surface area contributed by atoms with Crippen LogP contribution in [-0.2, 0) is 0 Å². The van der Waals surface area contributed by atoms with E-state index >= 15 is 0 Å². The zero-order valence-corrected chi connectivity index (χ0v) is 13.3. The highest BCUT2D eigenvalue weighted by Crippen LogP contribution is 2.23. The first-order valence-electron chi connectivity index (χ1n) is 7.83. The number of nitrogen functional groups attached to an aromatic ring is 1. The summed E-state index contributed by atoms with van der Waals surface area (Å²) in [6.45, 7) is 4.30. The summed E-state index contributed by atoms with van der Waals surface area (Å²) in [7, 11) is 0. The van der Waals surface area contributed by atoms with E-state index in [9.17, 15) is 4.79 Å². The Morgan fingerprint density at radius 1 is 1.21 bits per heavy atom. The summed E-state index contributed by atoms with van der Waals surface area (Å²) in [4.78, 5) is 27.8. The van der Waals surface area contributed by atoms with Crippen molar-refractivity contribution in [2.45, 2.75) is 6.92 Å². The quantitative estimate of drug-likeness (QED) is 0.738. The molecule has 0 radical (unpaired) electrons. The zero-order chi connectivity index (χ0) is 16.7. The van der Waals surface area contributed by atoms with E-state index in [1.54, 1.807) is 11.8 Å². The molecule has 8 heteroatoms. The molecule has 0 atom stereocenters. The van der Waals surface area contributed by atoms with Gasteiger partial charge in [-0.1, -0.05) is 12.1 Å². The third-order valence-electron chi connectivity index (χ3n) is 4.23. The number of aromatic amines is 1. The molecule has 4 rings (SSSR count). The number of carbonyl (C=O) groups excluding carboxylic acids is 1. The van der Waals surface area contributed by atoms with Crippen molar-refractivity contribution < 1.29 is 9.21 Å². The second kappa shape index (κ2) is 5.55. The average molecular weight is 326 g/mol. The number of fused-ring (bicyclic) bond motifs is 1. The van der Waals surface area contributed by atoms with E-state index in [0.717, 1.165) is 11.1 Å². The molecular weight excluding hydrogens is 308 g/mol. The number of H-pyrrole nitrogens is 1. The molecule has 1 saturated heterocycles. The number of oxazole rings is 1. The Morgan fingerprint density at radius 2 is 1.96 bits per heavy atom. The van der Waals surface area contributed by atoms with E-state index < -0.39 is 0 Å². The maximum atomic E-state index is 12.5. The molecule has 3 aromatic rings. The molecule has 0 bridgehead atoms. The van der Waals surface area contributed by atoms with E-state index in [4.69, 9.17) is 10.2 Å². The van der Waals surface area contributed by atoms with Gasteiger partial charge in [0.15, 0.2) is 17.2 Å². The summed E-state index contributed by atoms with van der Waals surface area (Å²) < 4.78 is 5.79. The van der Waals surface area contributed by atoms with Gasteiger partial charge in [-0.15, -0.1) is 0 Å². The average Bonchev–Trinajstić information content (AvgIpc) is 3.17. The van der Waals surface area contributed by atoms with Crippen molar-refractivity contribution in [3.63, 3.8) is 0 Å². The number of piperazine rings is 1. The van der Waals surface area contributed by atoms with Gasteiger partial charge in [0, 0.05) is 31.9 Å². The van der Waals surface area contributed by atoms with Crippen LogP contribution in [0.15, 0.2) is 28.7 Å². The second-order valence-corrected chi connectivity index (χ2v) is 5.84. The van der Waals surface area contributed by atoms with Gasteiger partial charge in [0.25, 0.3) is 11.9 Å². The number of aryl methyl sites for hydroxylation is 1. The van der Waals surface area contributed by atoms with Gasteiger partial charge in [0.05, 0.1) is 0 Å². The molecule has 2 aromatic heterocycles. The normalized spacial score (nSPS) is 15.2. The summed E-state index contributed by atoms with van der Waals surface area (Å²) in [6, 6.07) is 8.28. The van der Waals surface area contributed by atoms with Crippen LogP contribution in [0.1, 0.15) is 16.2 Å². The highest BCUT2D eigenvalue weighted by Gasteiger charge is 2.27. The van der Waals surface area contributed by atoms with Crippen molar-refractivity contribution >= 4 is 29.0 Å². The number of nitrogens with one attached hydrogen (secondary N) is 1. The Hall–Kier alpha value is -3.03. The molecule has 124 valence electrons. The summed E-state index contributed by atoms with van der Waals surface area (Å²) >= 11 is 0. The summed E-state index contributed by atoms with van der Waals surface area (Å²) in [5.41, 5.74) is 8.31. The molecule has 0 saturated carbocycles. The standard InChI is InChI=1S/C16H18N6O2/c1-10-13(20-15(17)18-10)14(23)21-6-8-22(9-7-21)16-19-11-4-2-3-5-12(11)24-16/h2-5H,6-9H2,1H3,(H3,17,18,20). The molecule has 0 unspecified atom stereocenters. The predicted molar refractivity (Wildman–Crippen MR) is 89.9 cm³/mol. The molecular formula is C16H18N6O2. The third kappa shape index (κ3) is 2.45. The molecule has 1 aliphatic heterocycles. The van der Waals surface area contributed by atoms with E-state index in [0.29, 0.717) is 43.6 Å². The first-order chi connectivity index (χ1) is 11.6. The Labute approximate surface area is 138 Å². The van der Waals surface area contributed by atoms with Crippen molar-refractivity contribution in [2.24, 2.45) is 0 Å². The number of nitrogens with zero attached hydrogens (tertiary/aromatic N) is 4. The van der Waals surface area contributed by atoms with Gasteiger partial charge in [0.2, 0.25) is 0 Å². The van der Waals surface area contributed by atoms with Crippen LogP contribution in [-0.4, -0.2) is 51.9 Å². The molecule has 1 amide bonds. The number of benzene rings is 1. The number of carbonyl (C=O) groups is 1. The highest BCUT2D eigenvalue weighted by atomic mass is 16.4. The number of nitrogens with two attached hydrogens (primary N) is 1. The van der Waals surface area contributed by atoms with E-state index in [2.05, 4.69) is 19.9 Å². The number of imidazole rings is 1. The van der Waals surface area contributed by atoms with Crippen LogP contribution in [0.25, 0.3) is 11.1 Å². The van der Waals surface area contributed by atoms with E-state index in [-0.39, 0.29) is 11.9 Å². The van der Waals surface area contributed by atoms with Crippen LogP contribution >= 0.6 is 0 Å². The lowest BCUT2D eigenvalue weighted by Gasteiger charge is -2.33. The topological polar surface area (TPSA) is 104 Å². The molecule has 1 aromatic carbocycles. The molecule has 24 heavy (non-hydrogen) atoms. The molecule has 8 nitrogen and oxygen atoms in total. The molecule has 0 aliphatic carbocycles. The highest BCUT2D eigenvalue weighted by molar-refractivity contribution is 5.94. The number of hydrogen-bond acceptors (Lipinski definition) is 6. The lowest BCUT2D eigenvalue weighted by Crippen LogP contribution is -2.49. The Bertz CT molecular complexity index is 858. The van der Waals surface area contributed by atoms with Crippen LogP contribution in [0, 0.1) is 6.92 Å². The minimum atomic E-state index is -0.0994. The number of para-hydroxylation sites is 2. The van der Waals surface area contributed by atoms with Crippen LogP contribution in [0.5, 0.6) is 0 Å². The SMILES string of the molecule is Cc1[nH]c(N)nc1C(=O)N1CCN(c2nc3ccccc3o2)CC1.